The summed E-state index contributed by atoms with van der Waals surface area (Å²) in [5.41, 5.74) is 0. The molecule has 0 aliphatic carbocycles. The molecule has 0 spiro atoms. The van der Waals surface area contributed by atoms with E-state index in [9.17, 15) is 0 Å². The van der Waals surface area contributed by atoms with Gasteiger partial charge in [-0.1, -0.05) is 0 Å². The van der Waals surface area contributed by atoms with Crippen molar-refractivity contribution < 1.29 is 24.6 Å². The van der Waals surface area contributed by atoms with Crippen LogP contribution >= 0.6 is 22.2 Å². The van der Waals surface area contributed by atoms with Crippen molar-refractivity contribution in [3.8, 4) is 0 Å². The van der Waals surface area contributed by atoms with Gasteiger partial charge in [-0.2, -0.15) is 0 Å². The van der Waals surface area contributed by atoms with Gasteiger partial charge in [0.1, 0.15) is 0 Å². The van der Waals surface area contributed by atoms with E-state index < -0.39 is 24.6 Å². The van der Waals surface area contributed by atoms with Crippen molar-refractivity contribution in [2.24, 2.45) is 0 Å². The van der Waals surface area contributed by atoms with Gasteiger partial charge in [-0.05, 0) is 0 Å². The topological polar surface area (TPSA) is 0 Å². The molecule has 0 aliphatic rings. The second-order valence-corrected chi connectivity index (χ2v) is 18.7. The molecule has 4 radical (unpaired) electrons. The zero-order valence-corrected chi connectivity index (χ0v) is 12.9. The predicted octanol–water partition coefficient (Wildman–Crippen LogP) is 1.54. The van der Waals surface area contributed by atoms with Crippen molar-refractivity contribution in [1.29, 1.82) is 0 Å². The SMILES string of the molecule is Cl[Si][CH2][Hg][CH2][Si]Cl. The summed E-state index contributed by atoms with van der Waals surface area (Å²) in [7, 11) is 1.37. The fourth-order valence-electron chi connectivity index (χ4n) is 0.222. The van der Waals surface area contributed by atoms with Crippen LogP contribution in [0.4, 0.5) is 0 Å². The minimum absolute atomic E-state index is 0.444. The molecule has 0 nitrogen and oxygen atoms in total. The van der Waals surface area contributed by atoms with Crippen LogP contribution in [0.25, 0.3) is 0 Å². The molecule has 0 bridgehead atoms. The van der Waals surface area contributed by atoms with Crippen molar-refractivity contribution in [2.75, 3.05) is 0 Å². The molecule has 0 saturated carbocycles. The third kappa shape index (κ3) is 7.95. The van der Waals surface area contributed by atoms with Crippen LogP contribution in [-0.4, -0.2) is 17.7 Å². The Morgan fingerprint density at radius 2 is 1.57 bits per heavy atom. The van der Waals surface area contributed by atoms with E-state index in [0.29, 0.717) is 17.7 Å². The van der Waals surface area contributed by atoms with Gasteiger partial charge in [0.15, 0.2) is 0 Å². The Hall–Kier alpha value is 1.95. The quantitative estimate of drug-likeness (QED) is 0.408. The second-order valence-electron chi connectivity index (χ2n) is 1.12. The monoisotopic (exact) mass is 356 g/mol. The standard InChI is InChI=1S/2CH2ClSi.Hg/c2*1-3-2;/h2*1H2;. The van der Waals surface area contributed by atoms with E-state index in [1.165, 1.54) is 7.11 Å². The first-order chi connectivity index (χ1) is 3.41. The first-order valence-electron chi connectivity index (χ1n) is 2.09. The average Bonchev–Trinajstić information content (AvgIpc) is 1.69. The zero-order valence-electron chi connectivity index (χ0n) is 3.88. The van der Waals surface area contributed by atoms with Gasteiger partial charge >= 0.3 is 71.5 Å². The van der Waals surface area contributed by atoms with Crippen molar-refractivity contribution in [2.45, 2.75) is 7.11 Å². The molecule has 0 rings (SSSR count). The van der Waals surface area contributed by atoms with E-state index in [4.69, 9.17) is 22.2 Å². The van der Waals surface area contributed by atoms with Crippen molar-refractivity contribution in [3.63, 3.8) is 0 Å². The van der Waals surface area contributed by atoms with Gasteiger partial charge in [-0.15, -0.1) is 0 Å². The van der Waals surface area contributed by atoms with Crippen LogP contribution in [0.2, 0.25) is 7.11 Å². The molecular weight excluding hydrogens is 352 g/mol. The van der Waals surface area contributed by atoms with E-state index in [-0.39, 0.29) is 0 Å². The maximum atomic E-state index is 5.48. The zero-order chi connectivity index (χ0) is 5.54. The van der Waals surface area contributed by atoms with Crippen molar-refractivity contribution >= 4 is 39.8 Å². The van der Waals surface area contributed by atoms with Crippen molar-refractivity contribution in [3.05, 3.63) is 0 Å². The summed E-state index contributed by atoms with van der Waals surface area (Å²) in [5.74, 6) is 0. The average molecular weight is 356 g/mol. The molecule has 0 aromatic rings. The van der Waals surface area contributed by atoms with Gasteiger partial charge in [0.05, 0.1) is 0 Å². The third-order valence-electron chi connectivity index (χ3n) is 0.543. The summed E-state index contributed by atoms with van der Waals surface area (Å²) in [6, 6.07) is 0. The van der Waals surface area contributed by atoms with Gasteiger partial charge < -0.3 is 0 Å². The van der Waals surface area contributed by atoms with E-state index in [1.807, 2.05) is 0 Å². The molecule has 0 heterocycles. The molecule has 7 heavy (non-hydrogen) atoms. The molecule has 0 saturated heterocycles. The Kier molecular flexibility index (Phi) is 10.2. The Labute approximate surface area is 70.8 Å². The Morgan fingerprint density at radius 1 is 1.14 bits per heavy atom. The summed E-state index contributed by atoms with van der Waals surface area (Å²) in [6.45, 7) is 0. The van der Waals surface area contributed by atoms with Gasteiger partial charge in [0, 0.05) is 0 Å². The molecule has 0 unspecified atom stereocenters. The number of hydrogen-bond donors (Lipinski definition) is 0. The molecule has 0 fully saturated rings. The van der Waals surface area contributed by atoms with Crippen LogP contribution in [0, 0.1) is 0 Å². The Bertz CT molecular complexity index is 32.9. The van der Waals surface area contributed by atoms with E-state index in [1.54, 1.807) is 0 Å². The molecule has 0 aromatic heterocycles. The summed E-state index contributed by atoms with van der Waals surface area (Å²) >= 11 is 10.5. The summed E-state index contributed by atoms with van der Waals surface area (Å²) in [4.78, 5) is 0. The van der Waals surface area contributed by atoms with Gasteiger partial charge in [0.2, 0.25) is 0 Å². The van der Waals surface area contributed by atoms with Crippen LogP contribution in [-0.2, 0) is 24.6 Å². The first kappa shape index (κ1) is 8.95. The number of hydrogen-bond acceptors (Lipinski definition) is 0. The van der Waals surface area contributed by atoms with Gasteiger partial charge in [-0.3, -0.25) is 0 Å². The fourth-order valence-corrected chi connectivity index (χ4v) is 17.5. The number of halogens is 2. The molecule has 0 N–H and O–H groups in total. The van der Waals surface area contributed by atoms with Gasteiger partial charge in [0.25, 0.3) is 0 Å². The molecule has 0 amide bonds. The second kappa shape index (κ2) is 7.95. The summed E-state index contributed by atoms with van der Waals surface area (Å²) < 4.78 is 2.72. The van der Waals surface area contributed by atoms with E-state index >= 15 is 0 Å². The van der Waals surface area contributed by atoms with Crippen LogP contribution in [0.15, 0.2) is 0 Å². The Balaban J connectivity index is 2.45. The van der Waals surface area contributed by atoms with E-state index in [0.717, 1.165) is 0 Å². The summed E-state index contributed by atoms with van der Waals surface area (Å²) in [6.07, 6.45) is 0. The molecular formula is C2H4Cl2HgSi2. The molecule has 5 heteroatoms. The predicted molar refractivity (Wildman–Crippen MR) is 32.8 cm³/mol. The molecule has 0 aliphatic heterocycles. The van der Waals surface area contributed by atoms with E-state index in [2.05, 4.69) is 0 Å². The Morgan fingerprint density at radius 3 is 1.86 bits per heavy atom. The fraction of sp³-hybridized carbons (Fsp3) is 1.00. The number of rotatable bonds is 4. The third-order valence-corrected chi connectivity index (χ3v) is 24.2. The maximum absolute atomic E-state index is 5.48. The molecule has 0 atom stereocenters. The van der Waals surface area contributed by atoms with Crippen LogP contribution < -0.4 is 0 Å². The summed E-state index contributed by atoms with van der Waals surface area (Å²) in [5, 5.41) is 0. The first-order valence-corrected chi connectivity index (χ1v) is 14.3. The van der Waals surface area contributed by atoms with Crippen molar-refractivity contribution in [1.82, 2.24) is 0 Å². The minimum atomic E-state index is -0.444. The van der Waals surface area contributed by atoms with Crippen LogP contribution in [0.1, 0.15) is 0 Å². The molecule has 36 valence electrons. The van der Waals surface area contributed by atoms with Crippen LogP contribution in [0.5, 0.6) is 0 Å². The van der Waals surface area contributed by atoms with Gasteiger partial charge in [-0.25, -0.2) is 0 Å². The van der Waals surface area contributed by atoms with Crippen LogP contribution in [0.3, 0.4) is 0 Å². The normalized spacial score (nSPS) is 8.29. The molecule has 0 aromatic carbocycles.